The maximum atomic E-state index is 11.1. The van der Waals surface area contributed by atoms with Gasteiger partial charge in [-0.25, -0.2) is 0 Å². The molecule has 0 bridgehead atoms. The molecule has 1 heterocycles. The van der Waals surface area contributed by atoms with Crippen molar-refractivity contribution in [3.63, 3.8) is 0 Å². The maximum absolute atomic E-state index is 11.1. The van der Waals surface area contributed by atoms with Crippen molar-refractivity contribution in [2.24, 2.45) is 5.92 Å². The number of fused-ring (bicyclic) bond motifs is 2. The highest BCUT2D eigenvalue weighted by atomic mass is 16.6. The molecule has 24 heavy (non-hydrogen) atoms. The van der Waals surface area contributed by atoms with Crippen LogP contribution in [0.5, 0.6) is 11.5 Å². The first-order valence-electron chi connectivity index (χ1n) is 8.60. The number of rotatable bonds is 3. The van der Waals surface area contributed by atoms with Crippen molar-refractivity contribution in [1.82, 2.24) is 0 Å². The molecule has 2 aromatic rings. The Morgan fingerprint density at radius 2 is 1.92 bits per heavy atom. The first-order chi connectivity index (χ1) is 11.7. The Kier molecular flexibility index (Phi) is 3.85. The molecule has 4 nitrogen and oxygen atoms in total. The number of benzene rings is 2. The molecule has 0 unspecified atom stereocenters. The lowest BCUT2D eigenvalue weighted by Gasteiger charge is -2.48. The van der Waals surface area contributed by atoms with Crippen molar-refractivity contribution >= 4 is 5.69 Å². The van der Waals surface area contributed by atoms with E-state index in [0.717, 1.165) is 42.0 Å². The fourth-order valence-electron chi connectivity index (χ4n) is 3.99. The molecule has 1 aliphatic heterocycles. The molecule has 2 N–H and O–H groups in total. The van der Waals surface area contributed by atoms with Crippen molar-refractivity contribution in [3.8, 4) is 11.5 Å². The lowest BCUT2D eigenvalue weighted by Crippen LogP contribution is -2.52. The highest BCUT2D eigenvalue weighted by molar-refractivity contribution is 5.51. The molecule has 126 valence electrons. The predicted molar refractivity (Wildman–Crippen MR) is 93.3 cm³/mol. The van der Waals surface area contributed by atoms with Gasteiger partial charge in [0.25, 0.3) is 0 Å². The lowest BCUT2D eigenvalue weighted by atomic mass is 9.74. The van der Waals surface area contributed by atoms with Gasteiger partial charge in [0.2, 0.25) is 5.79 Å². The van der Waals surface area contributed by atoms with Crippen LogP contribution in [-0.4, -0.2) is 18.0 Å². The number of ether oxygens (including phenoxy) is 2. The summed E-state index contributed by atoms with van der Waals surface area (Å²) in [6.07, 6.45) is 3.77. The van der Waals surface area contributed by atoms with E-state index in [0.29, 0.717) is 6.42 Å². The van der Waals surface area contributed by atoms with Crippen molar-refractivity contribution < 1.29 is 14.6 Å². The molecule has 0 spiro atoms. The largest absolute Gasteiger partial charge is 0.497 e. The molecular formula is C20H23NO3. The highest BCUT2D eigenvalue weighted by Gasteiger charge is 2.49. The normalized spacial score (nSPS) is 28.2. The summed E-state index contributed by atoms with van der Waals surface area (Å²) in [6.45, 7) is 0. The van der Waals surface area contributed by atoms with Gasteiger partial charge in [-0.15, -0.1) is 0 Å². The van der Waals surface area contributed by atoms with Gasteiger partial charge in [0.15, 0.2) is 0 Å². The molecule has 2 aromatic carbocycles. The standard InChI is InChI=1S/C20H23NO3/c1-23-15-11-9-14(10-12-15)21-19-16-6-2-3-8-18(16)24-20(22)13-5-4-7-17(19)20/h2-3,6,8-12,17,19,21-22H,4-5,7,13H2,1H3/t17-,19-,20-/m1/s1. The van der Waals surface area contributed by atoms with Crippen LogP contribution in [0.1, 0.15) is 37.3 Å². The Balaban J connectivity index is 1.70. The number of methoxy groups -OCH3 is 1. The summed E-state index contributed by atoms with van der Waals surface area (Å²) in [5, 5.41) is 14.7. The molecule has 0 amide bonds. The number of aliphatic hydroxyl groups is 1. The van der Waals surface area contributed by atoms with E-state index in [4.69, 9.17) is 9.47 Å². The van der Waals surface area contributed by atoms with Crippen LogP contribution in [0.25, 0.3) is 0 Å². The minimum absolute atomic E-state index is 0.0358. The van der Waals surface area contributed by atoms with Crippen molar-refractivity contribution in [1.29, 1.82) is 0 Å². The molecule has 2 aliphatic rings. The van der Waals surface area contributed by atoms with E-state index in [2.05, 4.69) is 11.4 Å². The van der Waals surface area contributed by atoms with Gasteiger partial charge in [-0.1, -0.05) is 24.6 Å². The van der Waals surface area contributed by atoms with Crippen LogP contribution >= 0.6 is 0 Å². The average Bonchev–Trinajstić information content (AvgIpc) is 2.61. The summed E-state index contributed by atoms with van der Waals surface area (Å²) in [5.74, 6) is 0.589. The van der Waals surface area contributed by atoms with Crippen LogP contribution in [-0.2, 0) is 0 Å². The molecule has 1 fully saturated rings. The quantitative estimate of drug-likeness (QED) is 0.891. The molecule has 4 heteroatoms. The van der Waals surface area contributed by atoms with Gasteiger partial charge < -0.3 is 19.9 Å². The van der Waals surface area contributed by atoms with Gasteiger partial charge in [-0.2, -0.15) is 0 Å². The van der Waals surface area contributed by atoms with E-state index >= 15 is 0 Å². The van der Waals surface area contributed by atoms with Gasteiger partial charge in [0, 0.05) is 23.6 Å². The minimum Gasteiger partial charge on any atom is -0.497 e. The van der Waals surface area contributed by atoms with Gasteiger partial charge in [0.05, 0.1) is 13.2 Å². The van der Waals surface area contributed by atoms with Gasteiger partial charge >= 0.3 is 0 Å². The van der Waals surface area contributed by atoms with Crippen molar-refractivity contribution in [2.45, 2.75) is 37.5 Å². The second-order valence-electron chi connectivity index (χ2n) is 6.69. The molecular weight excluding hydrogens is 302 g/mol. The van der Waals surface area contributed by atoms with Crippen LogP contribution in [0, 0.1) is 5.92 Å². The summed E-state index contributed by atoms with van der Waals surface area (Å²) < 4.78 is 11.3. The van der Waals surface area contributed by atoms with E-state index in [1.165, 1.54) is 0 Å². The van der Waals surface area contributed by atoms with Crippen LogP contribution in [0.2, 0.25) is 0 Å². The Morgan fingerprint density at radius 1 is 1.12 bits per heavy atom. The first kappa shape index (κ1) is 15.3. The third-order valence-corrected chi connectivity index (χ3v) is 5.23. The molecule has 1 aliphatic carbocycles. The average molecular weight is 325 g/mol. The summed E-state index contributed by atoms with van der Waals surface area (Å²) in [5.41, 5.74) is 2.13. The predicted octanol–water partition coefficient (Wildman–Crippen LogP) is 4.12. The first-order valence-corrected chi connectivity index (χ1v) is 8.60. The van der Waals surface area contributed by atoms with Gasteiger partial charge in [-0.3, -0.25) is 0 Å². The number of hydrogen-bond donors (Lipinski definition) is 2. The Morgan fingerprint density at radius 3 is 2.71 bits per heavy atom. The second-order valence-corrected chi connectivity index (χ2v) is 6.69. The zero-order valence-corrected chi connectivity index (χ0v) is 13.9. The number of para-hydroxylation sites is 1. The van der Waals surface area contributed by atoms with Crippen LogP contribution in [0.4, 0.5) is 5.69 Å². The molecule has 3 atom stereocenters. The third-order valence-electron chi connectivity index (χ3n) is 5.23. The zero-order valence-electron chi connectivity index (χ0n) is 13.9. The van der Waals surface area contributed by atoms with E-state index in [1.807, 2.05) is 42.5 Å². The van der Waals surface area contributed by atoms with Crippen molar-refractivity contribution in [3.05, 3.63) is 54.1 Å². The number of hydrogen-bond acceptors (Lipinski definition) is 4. The zero-order chi connectivity index (χ0) is 16.6. The summed E-state index contributed by atoms with van der Waals surface area (Å²) >= 11 is 0. The molecule has 1 saturated carbocycles. The van der Waals surface area contributed by atoms with Crippen LogP contribution in [0.15, 0.2) is 48.5 Å². The Hall–Kier alpha value is -2.20. The number of anilines is 1. The fourth-order valence-corrected chi connectivity index (χ4v) is 3.99. The molecule has 4 rings (SSSR count). The smallest absolute Gasteiger partial charge is 0.213 e. The monoisotopic (exact) mass is 325 g/mol. The summed E-state index contributed by atoms with van der Waals surface area (Å²) in [4.78, 5) is 0. The Labute approximate surface area is 142 Å². The number of nitrogens with one attached hydrogen (secondary N) is 1. The molecule has 0 saturated heterocycles. The summed E-state index contributed by atoms with van der Waals surface area (Å²) in [7, 11) is 1.67. The van der Waals surface area contributed by atoms with E-state index in [9.17, 15) is 5.11 Å². The van der Waals surface area contributed by atoms with Gasteiger partial charge in [0.1, 0.15) is 11.5 Å². The highest BCUT2D eigenvalue weighted by Crippen LogP contribution is 2.50. The SMILES string of the molecule is COc1ccc(N[C@@H]2c3ccccc3O[C@]3(O)CCCC[C@H]23)cc1. The lowest BCUT2D eigenvalue weighted by molar-refractivity contribution is -0.209. The minimum atomic E-state index is -1.07. The van der Waals surface area contributed by atoms with Crippen molar-refractivity contribution in [2.75, 3.05) is 12.4 Å². The summed E-state index contributed by atoms with van der Waals surface area (Å²) in [6, 6.07) is 16.0. The fraction of sp³-hybridized carbons (Fsp3) is 0.400. The van der Waals surface area contributed by atoms with E-state index < -0.39 is 5.79 Å². The Bertz CT molecular complexity index is 715. The second kappa shape index (κ2) is 6.02. The molecule has 0 radical (unpaired) electrons. The van der Waals surface area contributed by atoms with E-state index in [1.54, 1.807) is 7.11 Å². The van der Waals surface area contributed by atoms with Crippen LogP contribution < -0.4 is 14.8 Å². The van der Waals surface area contributed by atoms with Gasteiger partial charge in [-0.05, 0) is 43.2 Å². The van der Waals surface area contributed by atoms with E-state index in [-0.39, 0.29) is 12.0 Å². The topological polar surface area (TPSA) is 50.7 Å². The third kappa shape index (κ3) is 2.61. The van der Waals surface area contributed by atoms with Crippen LogP contribution in [0.3, 0.4) is 0 Å². The maximum Gasteiger partial charge on any atom is 0.213 e. The molecule has 0 aromatic heterocycles.